The van der Waals surface area contributed by atoms with E-state index >= 15 is 0 Å². The highest BCUT2D eigenvalue weighted by Gasteiger charge is 2.32. The quantitative estimate of drug-likeness (QED) is 0.356. The molecule has 0 aliphatic rings. The molecular formula is C26H22ClF3N4O3. The summed E-state index contributed by atoms with van der Waals surface area (Å²) in [7, 11) is 1.55. The molecule has 0 saturated heterocycles. The molecule has 0 aliphatic heterocycles. The highest BCUT2D eigenvalue weighted by Crippen LogP contribution is 2.31. The Labute approximate surface area is 215 Å². The maximum absolute atomic E-state index is 13.2. The molecule has 7 nitrogen and oxygen atoms in total. The minimum Gasteiger partial charge on any atom is -0.497 e. The van der Waals surface area contributed by atoms with E-state index < -0.39 is 29.9 Å². The van der Waals surface area contributed by atoms with Gasteiger partial charge in [-0.2, -0.15) is 13.2 Å². The van der Waals surface area contributed by atoms with E-state index in [4.69, 9.17) is 16.3 Å². The second-order valence-electron chi connectivity index (χ2n) is 8.14. The van der Waals surface area contributed by atoms with Crippen molar-refractivity contribution in [3.63, 3.8) is 0 Å². The standard InChI is InChI=1S/C26H22ClF3N4O3/c1-37-21-12-6-17(7-13-21)15-33-24(18-8-10-20(27)11-9-18)32-34(25(33)36)16-23(35)31-14-19-4-2-3-5-22(19)26(28,29)30/h2-13H,14-16H2,1H3,(H,31,35). The number of nitrogens with zero attached hydrogens (tertiary/aromatic N) is 3. The second kappa shape index (κ2) is 10.9. The fourth-order valence-corrected chi connectivity index (χ4v) is 3.88. The van der Waals surface area contributed by atoms with Crippen LogP contribution >= 0.6 is 11.6 Å². The van der Waals surface area contributed by atoms with Gasteiger partial charge >= 0.3 is 11.9 Å². The molecule has 3 aromatic carbocycles. The van der Waals surface area contributed by atoms with Gasteiger partial charge in [0.15, 0.2) is 5.82 Å². The average molecular weight is 531 g/mol. The van der Waals surface area contributed by atoms with Crippen molar-refractivity contribution in [1.82, 2.24) is 19.7 Å². The predicted molar refractivity (Wildman–Crippen MR) is 132 cm³/mol. The monoisotopic (exact) mass is 530 g/mol. The lowest BCUT2D eigenvalue weighted by Crippen LogP contribution is -2.34. The highest BCUT2D eigenvalue weighted by molar-refractivity contribution is 6.30. The minimum atomic E-state index is -4.55. The largest absolute Gasteiger partial charge is 0.497 e. The Balaban J connectivity index is 1.59. The molecule has 1 heterocycles. The lowest BCUT2D eigenvalue weighted by molar-refractivity contribution is -0.138. The third-order valence-electron chi connectivity index (χ3n) is 5.62. The molecule has 192 valence electrons. The zero-order valence-electron chi connectivity index (χ0n) is 19.6. The molecule has 0 aliphatic carbocycles. The summed E-state index contributed by atoms with van der Waals surface area (Å²) in [4.78, 5) is 25.8. The number of hydrogen-bond donors (Lipinski definition) is 1. The number of hydrogen-bond acceptors (Lipinski definition) is 4. The Bertz CT molecular complexity index is 1450. The van der Waals surface area contributed by atoms with Crippen LogP contribution in [0.2, 0.25) is 5.02 Å². The number of halogens is 4. The number of rotatable bonds is 8. The van der Waals surface area contributed by atoms with Crippen molar-refractivity contribution in [2.75, 3.05) is 7.11 Å². The van der Waals surface area contributed by atoms with Crippen molar-refractivity contribution < 1.29 is 22.7 Å². The van der Waals surface area contributed by atoms with E-state index in [1.165, 1.54) is 22.8 Å². The van der Waals surface area contributed by atoms with Crippen molar-refractivity contribution in [3.8, 4) is 17.1 Å². The van der Waals surface area contributed by atoms with Crippen LogP contribution in [0.5, 0.6) is 5.75 Å². The molecule has 0 fully saturated rings. The predicted octanol–water partition coefficient (Wildman–Crippen LogP) is 4.76. The van der Waals surface area contributed by atoms with Gasteiger partial charge in [-0.15, -0.1) is 5.10 Å². The molecule has 0 bridgehead atoms. The van der Waals surface area contributed by atoms with Crippen molar-refractivity contribution in [2.24, 2.45) is 0 Å². The van der Waals surface area contributed by atoms with Gasteiger partial charge in [-0.1, -0.05) is 41.9 Å². The van der Waals surface area contributed by atoms with Gasteiger partial charge in [0, 0.05) is 17.1 Å². The van der Waals surface area contributed by atoms with E-state index in [-0.39, 0.29) is 18.7 Å². The van der Waals surface area contributed by atoms with Crippen molar-refractivity contribution in [1.29, 1.82) is 0 Å². The lowest BCUT2D eigenvalue weighted by Gasteiger charge is -2.13. The maximum Gasteiger partial charge on any atom is 0.416 e. The average Bonchev–Trinajstić information content (AvgIpc) is 3.18. The van der Waals surface area contributed by atoms with Gasteiger partial charge in [0.2, 0.25) is 5.91 Å². The maximum atomic E-state index is 13.2. The molecule has 1 amide bonds. The number of carbonyl (C=O) groups excluding carboxylic acids is 1. The topological polar surface area (TPSA) is 78.2 Å². The molecule has 0 atom stereocenters. The number of aromatic nitrogens is 3. The summed E-state index contributed by atoms with van der Waals surface area (Å²) in [6, 6.07) is 18.8. The van der Waals surface area contributed by atoms with Crippen LogP contribution < -0.4 is 15.7 Å². The first-order chi connectivity index (χ1) is 17.7. The summed E-state index contributed by atoms with van der Waals surface area (Å²) < 4.78 is 47.3. The summed E-state index contributed by atoms with van der Waals surface area (Å²) in [5.41, 5.74) is -0.0606. The van der Waals surface area contributed by atoms with E-state index in [1.54, 1.807) is 55.6 Å². The Morgan fingerprint density at radius 1 is 1.03 bits per heavy atom. The number of nitrogens with one attached hydrogen (secondary N) is 1. The molecule has 4 aromatic rings. The number of amides is 1. The molecule has 4 rings (SSSR count). The lowest BCUT2D eigenvalue weighted by atomic mass is 10.1. The summed E-state index contributed by atoms with van der Waals surface area (Å²) in [5, 5.41) is 7.30. The van der Waals surface area contributed by atoms with Crippen LogP contribution in [0.3, 0.4) is 0 Å². The first-order valence-corrected chi connectivity index (χ1v) is 11.5. The highest BCUT2D eigenvalue weighted by atomic mass is 35.5. The van der Waals surface area contributed by atoms with E-state index in [0.29, 0.717) is 22.2 Å². The van der Waals surface area contributed by atoms with Crippen molar-refractivity contribution in [3.05, 3.63) is 105 Å². The number of benzene rings is 3. The molecule has 0 radical (unpaired) electrons. The van der Waals surface area contributed by atoms with E-state index in [1.807, 2.05) is 0 Å². The summed E-state index contributed by atoms with van der Waals surface area (Å²) in [6.07, 6.45) is -4.55. The summed E-state index contributed by atoms with van der Waals surface area (Å²) in [6.45, 7) is -0.648. The van der Waals surface area contributed by atoms with E-state index in [0.717, 1.165) is 16.3 Å². The normalized spacial score (nSPS) is 11.4. The number of carbonyl (C=O) groups is 1. The van der Waals surface area contributed by atoms with Crippen LogP contribution in [-0.2, 0) is 30.6 Å². The Morgan fingerprint density at radius 2 is 1.70 bits per heavy atom. The summed E-state index contributed by atoms with van der Waals surface area (Å²) in [5.74, 6) is 0.317. The first kappa shape index (κ1) is 26.0. The van der Waals surface area contributed by atoms with Gasteiger partial charge in [-0.05, 0) is 53.6 Å². The van der Waals surface area contributed by atoms with Gasteiger partial charge in [-0.25, -0.2) is 9.48 Å². The molecule has 11 heteroatoms. The van der Waals surface area contributed by atoms with Gasteiger partial charge in [0.25, 0.3) is 0 Å². The molecule has 1 aromatic heterocycles. The van der Waals surface area contributed by atoms with Gasteiger partial charge in [0.1, 0.15) is 12.3 Å². The smallest absolute Gasteiger partial charge is 0.416 e. The van der Waals surface area contributed by atoms with Crippen molar-refractivity contribution >= 4 is 17.5 Å². The molecule has 1 N–H and O–H groups in total. The molecule has 0 saturated carbocycles. The van der Waals surface area contributed by atoms with Crippen LogP contribution in [0.4, 0.5) is 13.2 Å². The number of methoxy groups -OCH3 is 1. The molecule has 0 spiro atoms. The van der Waals surface area contributed by atoms with Crippen LogP contribution in [0.15, 0.2) is 77.6 Å². The molecule has 37 heavy (non-hydrogen) atoms. The van der Waals surface area contributed by atoms with Gasteiger partial charge in [0.05, 0.1) is 19.2 Å². The van der Waals surface area contributed by atoms with Crippen molar-refractivity contribution in [2.45, 2.75) is 25.8 Å². The summed E-state index contributed by atoms with van der Waals surface area (Å²) >= 11 is 6.00. The first-order valence-electron chi connectivity index (χ1n) is 11.1. The minimum absolute atomic E-state index is 0.0809. The molecule has 0 unspecified atom stereocenters. The third kappa shape index (κ3) is 6.21. The zero-order chi connectivity index (χ0) is 26.6. The van der Waals surface area contributed by atoms with E-state index in [2.05, 4.69) is 10.4 Å². The number of alkyl halides is 3. The fraction of sp³-hybridized carbons (Fsp3) is 0.192. The van der Waals surface area contributed by atoms with Crippen LogP contribution in [0.1, 0.15) is 16.7 Å². The van der Waals surface area contributed by atoms with Crippen LogP contribution in [0, 0.1) is 0 Å². The Morgan fingerprint density at radius 3 is 2.35 bits per heavy atom. The Hall–Kier alpha value is -4.05. The number of ether oxygens (including phenoxy) is 1. The van der Waals surface area contributed by atoms with Gasteiger partial charge in [-0.3, -0.25) is 9.36 Å². The van der Waals surface area contributed by atoms with E-state index in [9.17, 15) is 22.8 Å². The van der Waals surface area contributed by atoms with Crippen LogP contribution in [-0.4, -0.2) is 27.4 Å². The third-order valence-corrected chi connectivity index (χ3v) is 5.87. The SMILES string of the molecule is COc1ccc(Cn2c(-c3ccc(Cl)cc3)nn(CC(=O)NCc3ccccc3C(F)(F)F)c2=O)cc1. The van der Waals surface area contributed by atoms with Gasteiger partial charge < -0.3 is 10.1 Å². The second-order valence-corrected chi connectivity index (χ2v) is 8.57. The molecular weight excluding hydrogens is 509 g/mol. The fourth-order valence-electron chi connectivity index (χ4n) is 3.75. The zero-order valence-corrected chi connectivity index (χ0v) is 20.4. The Kier molecular flexibility index (Phi) is 7.68. The van der Waals surface area contributed by atoms with Crippen LogP contribution in [0.25, 0.3) is 11.4 Å².